The van der Waals surface area contributed by atoms with E-state index < -0.39 is 0 Å². The van der Waals surface area contributed by atoms with Crippen LogP contribution in [0.15, 0.2) is 122 Å². The van der Waals surface area contributed by atoms with Crippen molar-refractivity contribution in [3.8, 4) is 22.5 Å². The fourth-order valence-corrected chi connectivity index (χ4v) is 5.81. The molecule has 1 radical (unpaired) electrons. The third kappa shape index (κ3) is 5.09. The smallest absolute Gasteiger partial charge is 0.0516 e. The molecule has 0 aliphatic carbocycles. The molecule has 207 valence electrons. The van der Waals surface area contributed by atoms with Gasteiger partial charge < -0.3 is 14.4 Å². The van der Waals surface area contributed by atoms with Crippen LogP contribution in [-0.2, 0) is 26.5 Å². The first-order valence-electron chi connectivity index (χ1n) is 14.1. The monoisotopic (exact) mass is 720 g/mol. The van der Waals surface area contributed by atoms with E-state index in [0.717, 1.165) is 28.9 Å². The zero-order valence-corrected chi connectivity index (χ0v) is 25.9. The fraction of sp³-hybridized carbons (Fsp3) is 0.105. The van der Waals surface area contributed by atoms with Crippen molar-refractivity contribution < 1.29 is 20.1 Å². The molecule has 4 heterocycles. The second-order valence-electron chi connectivity index (χ2n) is 10.8. The Labute approximate surface area is 259 Å². The molecule has 0 atom stereocenters. The number of aromatic nitrogens is 3. The number of rotatable bonds is 4. The van der Waals surface area contributed by atoms with E-state index in [9.17, 15) is 0 Å². The van der Waals surface area contributed by atoms with Crippen molar-refractivity contribution in [3.63, 3.8) is 0 Å². The van der Waals surface area contributed by atoms with Gasteiger partial charge in [0, 0.05) is 48.8 Å². The van der Waals surface area contributed by atoms with Crippen LogP contribution in [0.4, 0.5) is 0 Å². The Hall–Kier alpha value is -4.37. The van der Waals surface area contributed by atoms with Gasteiger partial charge in [0.05, 0.1) is 5.52 Å². The van der Waals surface area contributed by atoms with Crippen molar-refractivity contribution in [1.82, 2.24) is 14.4 Å². The summed E-state index contributed by atoms with van der Waals surface area (Å²) in [5.41, 5.74) is 9.16. The van der Waals surface area contributed by atoms with Gasteiger partial charge in [-0.2, -0.15) is 0 Å². The molecule has 0 saturated carbocycles. The standard InChI is InChI=1S/C27H21N2.C11H8N.Ir/c1-17(2)14-18-12-13-28-24(15-18)19-10-11-26-23(16-19)22-8-5-7-21-20-6-3-4-9-25(20)29(26)27(21)22;1-2-6-10(7-3-1)11-8-4-5-9-12-11;/h3-9,11-13,15-17H,14H2,1-2H3;1-6,8-9H;/q2*-1;. The van der Waals surface area contributed by atoms with Crippen LogP contribution in [0.5, 0.6) is 0 Å². The van der Waals surface area contributed by atoms with Gasteiger partial charge in [-0.25, -0.2) is 0 Å². The summed E-state index contributed by atoms with van der Waals surface area (Å²) in [6.07, 6.45) is 4.78. The van der Waals surface area contributed by atoms with Gasteiger partial charge in [-0.3, -0.25) is 0 Å². The van der Waals surface area contributed by atoms with Crippen molar-refractivity contribution in [2.24, 2.45) is 5.92 Å². The minimum atomic E-state index is 0. The van der Waals surface area contributed by atoms with Gasteiger partial charge in [0.1, 0.15) is 0 Å². The van der Waals surface area contributed by atoms with Gasteiger partial charge in [0.2, 0.25) is 0 Å². The van der Waals surface area contributed by atoms with Gasteiger partial charge in [0.15, 0.2) is 0 Å². The molecule has 4 aromatic carbocycles. The van der Waals surface area contributed by atoms with Gasteiger partial charge in [-0.15, -0.1) is 59.7 Å². The molecule has 4 aromatic heterocycles. The zero-order valence-electron chi connectivity index (χ0n) is 23.5. The third-order valence-electron chi connectivity index (χ3n) is 7.55. The Morgan fingerprint density at radius 3 is 2.19 bits per heavy atom. The summed E-state index contributed by atoms with van der Waals surface area (Å²) in [6.45, 7) is 4.50. The van der Waals surface area contributed by atoms with E-state index in [1.165, 1.54) is 43.7 Å². The Kier molecular flexibility index (Phi) is 7.84. The molecule has 0 aliphatic heterocycles. The number of pyridine rings is 2. The molecule has 0 unspecified atom stereocenters. The van der Waals surface area contributed by atoms with Gasteiger partial charge in [-0.05, 0) is 52.8 Å². The summed E-state index contributed by atoms with van der Waals surface area (Å²) in [4.78, 5) is 8.86. The van der Waals surface area contributed by atoms with Crippen molar-refractivity contribution >= 4 is 38.1 Å². The molecule has 0 saturated heterocycles. The van der Waals surface area contributed by atoms with Crippen molar-refractivity contribution in [3.05, 3.63) is 139 Å². The summed E-state index contributed by atoms with van der Waals surface area (Å²) < 4.78 is 2.39. The predicted octanol–water partition coefficient (Wildman–Crippen LogP) is 9.44. The SMILES string of the molecule is CC(C)Cc1ccnc(-c2[c-]cc3c(c2)c2cccc4c5ccccc5n3c24)c1.[Ir].[c-]1ccccc1-c1ccccn1. The normalized spacial score (nSPS) is 11.2. The maximum absolute atomic E-state index is 4.64. The Bertz CT molecular complexity index is 2060. The fourth-order valence-electron chi connectivity index (χ4n) is 5.81. The number of hydrogen-bond acceptors (Lipinski definition) is 2. The maximum Gasteiger partial charge on any atom is 0.0516 e. The molecule has 0 aliphatic rings. The summed E-state index contributed by atoms with van der Waals surface area (Å²) in [6, 6.07) is 44.3. The van der Waals surface area contributed by atoms with Crippen LogP contribution in [0.25, 0.3) is 60.6 Å². The summed E-state index contributed by atoms with van der Waals surface area (Å²) in [5.74, 6) is 0.631. The number of nitrogens with zero attached hydrogens (tertiary/aromatic N) is 3. The zero-order chi connectivity index (χ0) is 27.8. The largest absolute Gasteiger partial charge is 0.350 e. The molecule has 42 heavy (non-hydrogen) atoms. The second-order valence-corrected chi connectivity index (χ2v) is 10.8. The molecule has 0 N–H and O–H groups in total. The van der Waals surface area contributed by atoms with E-state index in [-0.39, 0.29) is 20.1 Å². The second kappa shape index (κ2) is 11.9. The first kappa shape index (κ1) is 27.8. The van der Waals surface area contributed by atoms with E-state index in [2.05, 4.69) is 107 Å². The quantitative estimate of drug-likeness (QED) is 0.170. The average molecular weight is 720 g/mol. The van der Waals surface area contributed by atoms with E-state index in [4.69, 9.17) is 0 Å². The van der Waals surface area contributed by atoms with Crippen LogP contribution < -0.4 is 0 Å². The average Bonchev–Trinajstić information content (AvgIpc) is 3.54. The van der Waals surface area contributed by atoms with Gasteiger partial charge >= 0.3 is 0 Å². The molecular formula is C38H29IrN3-2. The predicted molar refractivity (Wildman–Crippen MR) is 170 cm³/mol. The van der Waals surface area contributed by atoms with Crippen LogP contribution in [0.1, 0.15) is 19.4 Å². The Morgan fingerprint density at radius 2 is 1.40 bits per heavy atom. The van der Waals surface area contributed by atoms with Crippen molar-refractivity contribution in [2.75, 3.05) is 0 Å². The molecule has 0 spiro atoms. The molecule has 0 bridgehead atoms. The number of hydrogen-bond donors (Lipinski definition) is 0. The number of para-hydroxylation sites is 2. The molecule has 8 rings (SSSR count). The van der Waals surface area contributed by atoms with Crippen molar-refractivity contribution in [1.29, 1.82) is 0 Å². The van der Waals surface area contributed by atoms with E-state index in [1.54, 1.807) is 6.20 Å². The van der Waals surface area contributed by atoms with Crippen LogP contribution in [0.3, 0.4) is 0 Å². The summed E-state index contributed by atoms with van der Waals surface area (Å²) in [7, 11) is 0. The van der Waals surface area contributed by atoms with Crippen LogP contribution in [0.2, 0.25) is 0 Å². The third-order valence-corrected chi connectivity index (χ3v) is 7.55. The minimum absolute atomic E-state index is 0. The first-order valence-corrected chi connectivity index (χ1v) is 14.1. The summed E-state index contributed by atoms with van der Waals surface area (Å²) >= 11 is 0. The van der Waals surface area contributed by atoms with E-state index in [0.29, 0.717) is 5.92 Å². The molecule has 3 nitrogen and oxygen atoms in total. The molecule has 0 fully saturated rings. The van der Waals surface area contributed by atoms with Gasteiger partial charge in [0.25, 0.3) is 0 Å². The van der Waals surface area contributed by atoms with E-state index >= 15 is 0 Å². The molecule has 8 aromatic rings. The first-order chi connectivity index (χ1) is 20.2. The Balaban J connectivity index is 0.000000205. The molecule has 0 amide bonds. The van der Waals surface area contributed by atoms with Crippen LogP contribution in [0, 0.1) is 18.1 Å². The summed E-state index contributed by atoms with van der Waals surface area (Å²) in [5, 5.41) is 5.18. The minimum Gasteiger partial charge on any atom is -0.350 e. The Morgan fingerprint density at radius 1 is 0.643 bits per heavy atom. The molecule has 4 heteroatoms. The maximum atomic E-state index is 4.64. The van der Waals surface area contributed by atoms with Crippen molar-refractivity contribution in [2.45, 2.75) is 20.3 Å². The van der Waals surface area contributed by atoms with Crippen LogP contribution >= 0.6 is 0 Å². The number of fused-ring (bicyclic) bond motifs is 6. The van der Waals surface area contributed by atoms with Crippen LogP contribution in [-0.4, -0.2) is 14.4 Å². The van der Waals surface area contributed by atoms with E-state index in [1.807, 2.05) is 48.7 Å². The molecular weight excluding hydrogens is 691 g/mol. The van der Waals surface area contributed by atoms with Gasteiger partial charge in [-0.1, -0.05) is 79.4 Å². The topological polar surface area (TPSA) is 30.2 Å². The number of benzene rings is 4.